The zero-order valence-electron chi connectivity index (χ0n) is 7.29. The number of alkyl halides is 1. The normalized spacial score (nSPS) is 13.3. The van der Waals surface area contributed by atoms with E-state index in [9.17, 15) is 5.11 Å². The van der Waals surface area contributed by atoms with Gasteiger partial charge in [0.2, 0.25) is 0 Å². The second-order valence-corrected chi connectivity index (χ2v) is 3.56. The third kappa shape index (κ3) is 2.32. The van der Waals surface area contributed by atoms with Crippen molar-refractivity contribution < 1.29 is 5.11 Å². The van der Waals surface area contributed by atoms with Gasteiger partial charge in [0.05, 0.1) is 18.3 Å². The van der Waals surface area contributed by atoms with E-state index in [0.29, 0.717) is 11.9 Å². The third-order valence-corrected chi connectivity index (χ3v) is 2.41. The maximum Gasteiger partial charge on any atom is 0.0832 e. The van der Waals surface area contributed by atoms with Crippen molar-refractivity contribution in [3.63, 3.8) is 0 Å². The van der Waals surface area contributed by atoms with Gasteiger partial charge < -0.3 is 5.11 Å². The van der Waals surface area contributed by atoms with Gasteiger partial charge in [-0.2, -0.15) is 5.10 Å². The minimum Gasteiger partial charge on any atom is -0.390 e. The van der Waals surface area contributed by atoms with Crippen LogP contribution in [0.1, 0.15) is 11.4 Å². The Balaban J connectivity index is 2.68. The number of halogens is 1. The zero-order valence-corrected chi connectivity index (χ0v) is 8.87. The van der Waals surface area contributed by atoms with Crippen LogP contribution in [0.3, 0.4) is 0 Å². The molecule has 0 aliphatic rings. The average Bonchev–Trinajstić information content (AvgIpc) is 2.30. The Kier molecular flexibility index (Phi) is 3.29. The number of aromatic nitrogens is 2. The molecule has 0 amide bonds. The van der Waals surface area contributed by atoms with Crippen molar-refractivity contribution in [1.29, 1.82) is 0 Å². The van der Waals surface area contributed by atoms with Gasteiger partial charge in [0.1, 0.15) is 0 Å². The molecule has 0 radical (unpaired) electrons. The molecule has 1 aromatic rings. The lowest BCUT2D eigenvalue weighted by atomic mass is 10.4. The van der Waals surface area contributed by atoms with Crippen molar-refractivity contribution in [3.05, 3.63) is 17.5 Å². The predicted molar refractivity (Wildman–Crippen MR) is 51.5 cm³/mol. The van der Waals surface area contributed by atoms with Crippen LogP contribution in [0.5, 0.6) is 0 Å². The maximum atomic E-state index is 9.34. The Hall–Kier alpha value is -0.350. The summed E-state index contributed by atoms with van der Waals surface area (Å²) in [5, 5.41) is 14.2. The van der Waals surface area contributed by atoms with Gasteiger partial charge in [0.25, 0.3) is 0 Å². The molecule has 68 valence electrons. The van der Waals surface area contributed by atoms with Crippen molar-refractivity contribution in [1.82, 2.24) is 9.78 Å². The fraction of sp³-hybridized carbons (Fsp3) is 0.625. The summed E-state index contributed by atoms with van der Waals surface area (Å²) in [7, 11) is 0. The summed E-state index contributed by atoms with van der Waals surface area (Å²) in [6.45, 7) is 4.50. The van der Waals surface area contributed by atoms with Crippen LogP contribution in [-0.2, 0) is 6.54 Å². The van der Waals surface area contributed by atoms with Gasteiger partial charge >= 0.3 is 0 Å². The van der Waals surface area contributed by atoms with Crippen LogP contribution in [0.15, 0.2) is 6.07 Å². The molecule has 0 aromatic carbocycles. The highest BCUT2D eigenvalue weighted by Gasteiger charge is 2.06. The lowest BCUT2D eigenvalue weighted by Gasteiger charge is -2.08. The highest BCUT2D eigenvalue weighted by molar-refractivity contribution is 9.09. The molecule has 0 saturated heterocycles. The molecule has 0 spiro atoms. The van der Waals surface area contributed by atoms with Gasteiger partial charge in [-0.25, -0.2) is 0 Å². The molecule has 1 aromatic heterocycles. The summed E-state index contributed by atoms with van der Waals surface area (Å²) in [5.41, 5.74) is 2.08. The fourth-order valence-electron chi connectivity index (χ4n) is 1.11. The Bertz CT molecular complexity index is 260. The number of rotatable bonds is 3. The molecule has 1 heterocycles. The largest absolute Gasteiger partial charge is 0.390 e. The molecule has 1 unspecified atom stereocenters. The van der Waals surface area contributed by atoms with E-state index in [1.165, 1.54) is 0 Å². The number of nitrogens with zero attached hydrogens (tertiary/aromatic N) is 2. The molecular weight excluding hydrogens is 220 g/mol. The first-order valence-electron chi connectivity index (χ1n) is 3.88. The van der Waals surface area contributed by atoms with Crippen molar-refractivity contribution in [2.75, 3.05) is 5.33 Å². The van der Waals surface area contributed by atoms with Crippen molar-refractivity contribution >= 4 is 15.9 Å². The van der Waals surface area contributed by atoms with Crippen LogP contribution in [0.2, 0.25) is 0 Å². The highest BCUT2D eigenvalue weighted by atomic mass is 79.9. The van der Waals surface area contributed by atoms with Crippen LogP contribution in [0, 0.1) is 13.8 Å². The third-order valence-electron chi connectivity index (χ3n) is 1.67. The highest BCUT2D eigenvalue weighted by Crippen LogP contribution is 2.03. The summed E-state index contributed by atoms with van der Waals surface area (Å²) in [4.78, 5) is 0. The van der Waals surface area contributed by atoms with Crippen molar-refractivity contribution in [3.8, 4) is 0 Å². The molecule has 0 fully saturated rings. The quantitative estimate of drug-likeness (QED) is 0.798. The van der Waals surface area contributed by atoms with Gasteiger partial charge in [0.15, 0.2) is 0 Å². The summed E-state index contributed by atoms with van der Waals surface area (Å²) in [5.74, 6) is 0. The first-order chi connectivity index (χ1) is 5.63. The van der Waals surface area contributed by atoms with Crippen LogP contribution in [0.25, 0.3) is 0 Å². The molecule has 0 aliphatic carbocycles. The fourth-order valence-corrected chi connectivity index (χ4v) is 1.31. The van der Waals surface area contributed by atoms with E-state index in [-0.39, 0.29) is 6.10 Å². The summed E-state index contributed by atoms with van der Waals surface area (Å²) in [6, 6.07) is 2.00. The molecule has 0 aliphatic heterocycles. The monoisotopic (exact) mass is 232 g/mol. The summed E-state index contributed by atoms with van der Waals surface area (Å²) in [6.07, 6.45) is -0.358. The van der Waals surface area contributed by atoms with Crippen LogP contribution < -0.4 is 0 Å². The Labute approximate surface area is 80.5 Å². The van der Waals surface area contributed by atoms with Crippen molar-refractivity contribution in [2.24, 2.45) is 0 Å². The van der Waals surface area contributed by atoms with E-state index >= 15 is 0 Å². The van der Waals surface area contributed by atoms with Gasteiger partial charge in [-0.1, -0.05) is 15.9 Å². The molecule has 4 heteroatoms. The molecule has 1 N–H and O–H groups in total. The molecule has 0 saturated carbocycles. The number of aliphatic hydroxyl groups excluding tert-OH is 1. The van der Waals surface area contributed by atoms with Crippen LogP contribution in [-0.4, -0.2) is 26.3 Å². The summed E-state index contributed by atoms with van der Waals surface area (Å²) >= 11 is 3.21. The molecule has 1 atom stereocenters. The maximum absolute atomic E-state index is 9.34. The molecule has 3 nitrogen and oxygen atoms in total. The smallest absolute Gasteiger partial charge is 0.0832 e. The predicted octanol–water partition coefficient (Wildman–Crippen LogP) is 1.26. The van der Waals surface area contributed by atoms with Gasteiger partial charge in [-0.3, -0.25) is 4.68 Å². The first kappa shape index (κ1) is 9.74. The standard InChI is InChI=1S/C8H13BrN2O/c1-6-3-7(2)11(10-6)5-8(12)4-9/h3,8,12H,4-5H2,1-2H3. The number of aryl methyl sites for hydroxylation is 2. The zero-order chi connectivity index (χ0) is 9.14. The second-order valence-electron chi connectivity index (χ2n) is 2.92. The van der Waals surface area contributed by atoms with E-state index in [0.717, 1.165) is 11.4 Å². The number of hydrogen-bond donors (Lipinski definition) is 1. The Morgan fingerprint density at radius 3 is 2.75 bits per heavy atom. The number of hydrogen-bond acceptors (Lipinski definition) is 2. The van der Waals surface area contributed by atoms with Crippen molar-refractivity contribution in [2.45, 2.75) is 26.5 Å². The van der Waals surface area contributed by atoms with Crippen LogP contribution >= 0.6 is 15.9 Å². The van der Waals surface area contributed by atoms with Gasteiger partial charge in [-0.05, 0) is 19.9 Å². The SMILES string of the molecule is Cc1cc(C)n(CC(O)CBr)n1. The van der Waals surface area contributed by atoms with E-state index < -0.39 is 0 Å². The lowest BCUT2D eigenvalue weighted by Crippen LogP contribution is -2.18. The second kappa shape index (κ2) is 4.05. The van der Waals surface area contributed by atoms with Gasteiger partial charge in [0, 0.05) is 11.0 Å². The van der Waals surface area contributed by atoms with E-state index in [4.69, 9.17) is 0 Å². The molecule has 0 bridgehead atoms. The van der Waals surface area contributed by atoms with E-state index in [1.807, 2.05) is 24.6 Å². The summed E-state index contributed by atoms with van der Waals surface area (Å²) < 4.78 is 1.82. The van der Waals surface area contributed by atoms with Gasteiger partial charge in [-0.15, -0.1) is 0 Å². The Morgan fingerprint density at radius 2 is 2.33 bits per heavy atom. The van der Waals surface area contributed by atoms with E-state index in [2.05, 4.69) is 21.0 Å². The minimum atomic E-state index is -0.358. The lowest BCUT2D eigenvalue weighted by molar-refractivity contribution is 0.173. The topological polar surface area (TPSA) is 38.0 Å². The van der Waals surface area contributed by atoms with Crippen LogP contribution in [0.4, 0.5) is 0 Å². The minimum absolute atomic E-state index is 0.358. The Morgan fingerprint density at radius 1 is 1.67 bits per heavy atom. The first-order valence-corrected chi connectivity index (χ1v) is 5.00. The molecular formula is C8H13BrN2O. The number of aliphatic hydroxyl groups is 1. The molecule has 1 rings (SSSR count). The average molecular weight is 233 g/mol. The van der Waals surface area contributed by atoms with E-state index in [1.54, 1.807) is 0 Å². The molecule has 12 heavy (non-hydrogen) atoms.